The maximum Gasteiger partial charge on any atom is 0.451 e. The standard InChI is InChI=1S/C23H25F3N4O/c1-29(2)19-12-13-30(15-19)18-10-8-17(9-11-18)27-14-20-21(23(24,25)26)31-22(28-20)16-6-4-3-5-7-16/h3-11,19,27H,12-15H2,1-2H3. The first-order valence-electron chi connectivity index (χ1n) is 10.2. The largest absolute Gasteiger partial charge is 0.451 e. The Morgan fingerprint density at radius 2 is 1.81 bits per heavy atom. The summed E-state index contributed by atoms with van der Waals surface area (Å²) in [5.74, 6) is -1.10. The first-order valence-corrected chi connectivity index (χ1v) is 10.2. The van der Waals surface area contributed by atoms with Gasteiger partial charge in [-0.25, -0.2) is 4.98 Å². The van der Waals surface area contributed by atoms with Crippen molar-refractivity contribution in [2.75, 3.05) is 37.4 Å². The summed E-state index contributed by atoms with van der Waals surface area (Å²) in [5.41, 5.74) is 2.18. The lowest BCUT2D eigenvalue weighted by Crippen LogP contribution is -2.31. The van der Waals surface area contributed by atoms with E-state index in [-0.39, 0.29) is 18.1 Å². The number of rotatable bonds is 6. The van der Waals surface area contributed by atoms with Gasteiger partial charge in [-0.15, -0.1) is 0 Å². The number of alkyl halides is 3. The van der Waals surface area contributed by atoms with Gasteiger partial charge in [0.2, 0.25) is 11.7 Å². The van der Waals surface area contributed by atoms with Gasteiger partial charge in [0.1, 0.15) is 5.69 Å². The van der Waals surface area contributed by atoms with Crippen LogP contribution in [0, 0.1) is 0 Å². The highest BCUT2D eigenvalue weighted by molar-refractivity contribution is 5.56. The van der Waals surface area contributed by atoms with Crippen molar-refractivity contribution in [2.45, 2.75) is 25.2 Å². The summed E-state index contributed by atoms with van der Waals surface area (Å²) in [5, 5.41) is 3.03. The van der Waals surface area contributed by atoms with Crippen LogP contribution < -0.4 is 10.2 Å². The monoisotopic (exact) mass is 430 g/mol. The van der Waals surface area contributed by atoms with Gasteiger partial charge < -0.3 is 19.5 Å². The van der Waals surface area contributed by atoms with Gasteiger partial charge in [-0.3, -0.25) is 0 Å². The van der Waals surface area contributed by atoms with Crippen LogP contribution in [0.3, 0.4) is 0 Å². The van der Waals surface area contributed by atoms with Gasteiger partial charge in [0.25, 0.3) is 0 Å². The Morgan fingerprint density at radius 3 is 2.42 bits per heavy atom. The third-order valence-corrected chi connectivity index (χ3v) is 5.56. The Balaban J connectivity index is 1.46. The van der Waals surface area contributed by atoms with Crippen LogP contribution in [0.15, 0.2) is 59.0 Å². The number of nitrogens with zero attached hydrogens (tertiary/aromatic N) is 3. The molecule has 164 valence electrons. The van der Waals surface area contributed by atoms with Crippen LogP contribution in [-0.2, 0) is 12.7 Å². The molecule has 0 radical (unpaired) electrons. The summed E-state index contributed by atoms with van der Waals surface area (Å²) < 4.78 is 45.4. The molecule has 1 atom stereocenters. The number of hydrogen-bond acceptors (Lipinski definition) is 5. The van der Waals surface area contributed by atoms with Crippen LogP contribution in [0.5, 0.6) is 0 Å². The number of likely N-dealkylation sites (N-methyl/N-ethyl adjacent to an activating group) is 1. The third-order valence-electron chi connectivity index (χ3n) is 5.56. The maximum absolute atomic E-state index is 13.4. The highest BCUT2D eigenvalue weighted by Crippen LogP contribution is 2.35. The summed E-state index contributed by atoms with van der Waals surface area (Å²) in [6.07, 6.45) is -3.50. The molecule has 3 aromatic rings. The zero-order valence-electron chi connectivity index (χ0n) is 17.5. The van der Waals surface area contributed by atoms with E-state index in [9.17, 15) is 13.2 Å². The molecular weight excluding hydrogens is 405 g/mol. The van der Waals surface area contributed by atoms with Gasteiger partial charge in [0, 0.05) is 36.1 Å². The lowest BCUT2D eigenvalue weighted by atomic mass is 10.2. The Morgan fingerprint density at radius 1 is 1.10 bits per heavy atom. The van der Waals surface area contributed by atoms with Crippen molar-refractivity contribution in [2.24, 2.45) is 0 Å². The van der Waals surface area contributed by atoms with Gasteiger partial charge >= 0.3 is 6.18 Å². The second-order valence-corrected chi connectivity index (χ2v) is 7.91. The quantitative estimate of drug-likeness (QED) is 0.589. The Hall–Kier alpha value is -3.00. The molecule has 8 heteroatoms. The average Bonchev–Trinajstić information content (AvgIpc) is 3.41. The molecule has 2 aromatic carbocycles. The lowest BCUT2D eigenvalue weighted by molar-refractivity contribution is -0.153. The van der Waals surface area contributed by atoms with Crippen LogP contribution >= 0.6 is 0 Å². The number of anilines is 2. The molecule has 1 aliphatic heterocycles. The summed E-state index contributed by atoms with van der Waals surface area (Å²) in [4.78, 5) is 8.66. The Bertz CT molecular complexity index is 1000. The van der Waals surface area contributed by atoms with Crippen LogP contribution in [0.4, 0.5) is 24.5 Å². The van der Waals surface area contributed by atoms with Crippen molar-refractivity contribution in [3.8, 4) is 11.5 Å². The minimum Gasteiger partial charge on any atom is -0.431 e. The Kier molecular flexibility index (Phi) is 5.91. The highest BCUT2D eigenvalue weighted by atomic mass is 19.4. The molecule has 1 saturated heterocycles. The molecule has 1 fully saturated rings. The second kappa shape index (κ2) is 8.63. The molecule has 0 spiro atoms. The van der Waals surface area contributed by atoms with Crippen molar-refractivity contribution in [3.63, 3.8) is 0 Å². The summed E-state index contributed by atoms with van der Waals surface area (Å²) in [6.45, 7) is 1.87. The maximum atomic E-state index is 13.4. The predicted octanol–water partition coefficient (Wildman–Crippen LogP) is 5.11. The third kappa shape index (κ3) is 4.85. The van der Waals surface area contributed by atoms with E-state index in [1.165, 1.54) is 0 Å². The lowest BCUT2D eigenvalue weighted by Gasteiger charge is -2.22. The summed E-state index contributed by atoms with van der Waals surface area (Å²) >= 11 is 0. The number of hydrogen-bond donors (Lipinski definition) is 1. The number of halogens is 3. The van der Waals surface area contributed by atoms with Gasteiger partial charge in [-0.05, 0) is 56.9 Å². The van der Waals surface area contributed by atoms with Gasteiger partial charge in [-0.1, -0.05) is 18.2 Å². The van der Waals surface area contributed by atoms with E-state index in [1.54, 1.807) is 30.3 Å². The van der Waals surface area contributed by atoms with Crippen molar-refractivity contribution in [1.29, 1.82) is 0 Å². The van der Waals surface area contributed by atoms with Crippen LogP contribution in [0.2, 0.25) is 0 Å². The zero-order valence-corrected chi connectivity index (χ0v) is 17.5. The summed E-state index contributed by atoms with van der Waals surface area (Å²) in [7, 11) is 4.17. The number of benzene rings is 2. The molecule has 0 saturated carbocycles. The van der Waals surface area contributed by atoms with E-state index < -0.39 is 11.9 Å². The molecule has 1 aliphatic rings. The van der Waals surface area contributed by atoms with E-state index in [2.05, 4.69) is 34.2 Å². The van der Waals surface area contributed by atoms with E-state index in [1.807, 2.05) is 24.3 Å². The van der Waals surface area contributed by atoms with Crippen molar-refractivity contribution in [1.82, 2.24) is 9.88 Å². The fourth-order valence-corrected chi connectivity index (χ4v) is 3.77. The Labute approximate surface area is 179 Å². The number of aromatic nitrogens is 1. The SMILES string of the molecule is CN(C)C1CCN(c2ccc(NCc3nc(-c4ccccc4)oc3C(F)(F)F)cc2)C1. The van der Waals surface area contributed by atoms with Crippen molar-refractivity contribution in [3.05, 3.63) is 66.1 Å². The zero-order chi connectivity index (χ0) is 22.0. The van der Waals surface area contributed by atoms with E-state index in [0.29, 0.717) is 11.6 Å². The molecule has 2 heterocycles. The van der Waals surface area contributed by atoms with E-state index >= 15 is 0 Å². The smallest absolute Gasteiger partial charge is 0.431 e. The minimum absolute atomic E-state index is 0.0375. The summed E-state index contributed by atoms with van der Waals surface area (Å²) in [6, 6.07) is 16.8. The molecule has 1 N–H and O–H groups in total. The second-order valence-electron chi connectivity index (χ2n) is 7.91. The van der Waals surface area contributed by atoms with E-state index in [0.717, 1.165) is 30.9 Å². The van der Waals surface area contributed by atoms with Gasteiger partial charge in [-0.2, -0.15) is 13.2 Å². The van der Waals surface area contributed by atoms with Crippen LogP contribution in [-0.4, -0.2) is 43.1 Å². The van der Waals surface area contributed by atoms with Crippen LogP contribution in [0.25, 0.3) is 11.5 Å². The normalized spacial score (nSPS) is 16.8. The van der Waals surface area contributed by atoms with Gasteiger partial charge in [0.15, 0.2) is 0 Å². The molecular formula is C23H25F3N4O. The molecule has 5 nitrogen and oxygen atoms in total. The first-order chi connectivity index (χ1) is 14.8. The van der Waals surface area contributed by atoms with Crippen molar-refractivity contribution >= 4 is 11.4 Å². The molecule has 0 amide bonds. The molecule has 31 heavy (non-hydrogen) atoms. The molecule has 1 aromatic heterocycles. The number of oxazole rings is 1. The average molecular weight is 430 g/mol. The molecule has 0 bridgehead atoms. The fraction of sp³-hybridized carbons (Fsp3) is 0.348. The molecule has 0 aliphatic carbocycles. The highest BCUT2D eigenvalue weighted by Gasteiger charge is 2.39. The predicted molar refractivity (Wildman–Crippen MR) is 115 cm³/mol. The van der Waals surface area contributed by atoms with Gasteiger partial charge in [0.05, 0.1) is 6.54 Å². The fourth-order valence-electron chi connectivity index (χ4n) is 3.77. The first kappa shape index (κ1) is 21.2. The topological polar surface area (TPSA) is 44.5 Å². The minimum atomic E-state index is -4.61. The van der Waals surface area contributed by atoms with Crippen molar-refractivity contribution < 1.29 is 17.6 Å². The molecule has 4 rings (SSSR count). The number of nitrogens with one attached hydrogen (secondary N) is 1. The van der Waals surface area contributed by atoms with E-state index in [4.69, 9.17) is 4.42 Å². The van der Waals surface area contributed by atoms with Crippen LogP contribution in [0.1, 0.15) is 17.9 Å². The molecule has 1 unspecified atom stereocenters.